The lowest BCUT2D eigenvalue weighted by atomic mass is 9.96. The Labute approximate surface area is 633 Å². The maximum atomic E-state index is 13.2. The second kappa shape index (κ2) is 39.8. The Morgan fingerprint density at radius 3 is 1.58 bits per heavy atom. The van der Waals surface area contributed by atoms with Gasteiger partial charge in [-0.15, -0.1) is 11.3 Å². The van der Waals surface area contributed by atoms with Crippen molar-refractivity contribution in [2.75, 3.05) is 0 Å². The highest BCUT2D eigenvalue weighted by Crippen LogP contribution is 2.34. The van der Waals surface area contributed by atoms with E-state index in [1.807, 2.05) is 189 Å². The molecule has 0 aliphatic heterocycles. The number of aromatic nitrogens is 10. The molecule has 0 unspecified atom stereocenters. The third kappa shape index (κ3) is 23.5. The third-order valence-electron chi connectivity index (χ3n) is 17.2. The van der Waals surface area contributed by atoms with Crippen LogP contribution in [0.1, 0.15) is 208 Å². The molecule has 0 bridgehead atoms. The van der Waals surface area contributed by atoms with E-state index in [0.29, 0.717) is 61.4 Å². The van der Waals surface area contributed by atoms with E-state index < -0.39 is 17.6 Å². The zero-order chi connectivity index (χ0) is 77.3. The van der Waals surface area contributed by atoms with Gasteiger partial charge in [0.25, 0.3) is 0 Å². The van der Waals surface area contributed by atoms with Gasteiger partial charge in [0, 0.05) is 66.9 Å². The van der Waals surface area contributed by atoms with Crippen LogP contribution >= 0.6 is 11.3 Å². The molecule has 10 rings (SSSR count). The second-order valence-corrected chi connectivity index (χ2v) is 29.4. The maximum absolute atomic E-state index is 13.2. The number of thiophene rings is 1. The zero-order valence-electron chi connectivity index (χ0n) is 64.6. The summed E-state index contributed by atoms with van der Waals surface area (Å²) in [4.78, 5) is 76.7. The number of carbonyl (C=O) groups is 5. The van der Waals surface area contributed by atoms with Gasteiger partial charge >= 0.3 is 23.9 Å². The number of aryl methyl sites for hydroxylation is 2. The van der Waals surface area contributed by atoms with Crippen LogP contribution in [0.2, 0.25) is 0 Å². The maximum Gasteiger partial charge on any atom is 0.357 e. The molecular weight excluding hydrogens is 1370 g/mol. The van der Waals surface area contributed by atoms with E-state index in [1.165, 1.54) is 0 Å². The van der Waals surface area contributed by atoms with Crippen molar-refractivity contribution >= 4 is 47.2 Å². The van der Waals surface area contributed by atoms with Crippen molar-refractivity contribution in [3.63, 3.8) is 0 Å². The fraction of sp³-hybridized carbons (Fsp3) is 0.400. The molecule has 5 aromatic carbocycles. The van der Waals surface area contributed by atoms with E-state index in [4.69, 9.17) is 28.9 Å². The Morgan fingerprint density at radius 1 is 0.570 bits per heavy atom. The van der Waals surface area contributed by atoms with Gasteiger partial charge in [-0.25, -0.2) is 29.1 Å². The monoisotopic (exact) mass is 1470 g/mol. The minimum Gasteiger partial charge on any atom is -0.461 e. The van der Waals surface area contributed by atoms with Gasteiger partial charge in [-0.1, -0.05) is 163 Å². The summed E-state index contributed by atoms with van der Waals surface area (Å²) in [5, 5.41) is 34.5. The van der Waals surface area contributed by atoms with Crippen LogP contribution in [-0.2, 0) is 77.8 Å². The number of nitrogens with zero attached hydrogens (tertiary/aromatic N) is 9. The number of carbonyl (C=O) groups excluding carboxylic acids is 5. The van der Waals surface area contributed by atoms with Crippen molar-refractivity contribution in [3.05, 3.63) is 219 Å². The molecule has 1 atom stereocenters. The molecule has 0 aliphatic rings. The highest BCUT2D eigenvalue weighted by atomic mass is 32.1. The number of benzene rings is 5. The predicted octanol–water partition coefficient (Wildman–Crippen LogP) is 17.2. The molecule has 0 saturated heterocycles. The highest BCUT2D eigenvalue weighted by Gasteiger charge is 2.35. The Balaban J connectivity index is 0.000000202. The van der Waals surface area contributed by atoms with Gasteiger partial charge in [-0.2, -0.15) is 30.8 Å². The first-order valence-electron chi connectivity index (χ1n) is 37.2. The molecule has 0 spiro atoms. The van der Waals surface area contributed by atoms with Gasteiger partial charge in [0.15, 0.2) is 5.69 Å². The fourth-order valence-electron chi connectivity index (χ4n) is 12.1. The van der Waals surface area contributed by atoms with Crippen LogP contribution < -0.4 is 0 Å². The Morgan fingerprint density at radius 2 is 1.09 bits per heavy atom. The van der Waals surface area contributed by atoms with Gasteiger partial charge in [-0.05, 0) is 163 Å². The molecule has 0 saturated carbocycles. The number of unbranched alkanes of at least 4 members (excludes halogenated alkanes) is 2. The number of aromatic amines is 2. The summed E-state index contributed by atoms with van der Waals surface area (Å²) in [5.41, 5.74) is 12.1. The highest BCUT2D eigenvalue weighted by molar-refractivity contribution is 7.09. The second-order valence-electron chi connectivity index (χ2n) is 28.4. The third-order valence-corrected chi connectivity index (χ3v) is 18.1. The van der Waals surface area contributed by atoms with Crippen molar-refractivity contribution in [2.45, 2.75) is 217 Å². The van der Waals surface area contributed by atoms with E-state index in [2.05, 4.69) is 80.4 Å². The zero-order valence-corrected chi connectivity index (χ0v) is 65.4. The fourth-order valence-corrected chi connectivity index (χ4v) is 12.9. The van der Waals surface area contributed by atoms with E-state index in [0.717, 1.165) is 122 Å². The molecule has 10 aromatic rings. The van der Waals surface area contributed by atoms with E-state index in [9.17, 15) is 29.1 Å². The van der Waals surface area contributed by atoms with E-state index in [-0.39, 0.29) is 54.1 Å². The van der Waals surface area contributed by atoms with Crippen LogP contribution in [0.4, 0.5) is 0 Å². The smallest absolute Gasteiger partial charge is 0.357 e. The molecule has 0 fully saturated rings. The van der Waals surface area contributed by atoms with Crippen LogP contribution in [0, 0.1) is 5.92 Å². The predicted molar refractivity (Wildman–Crippen MR) is 420 cm³/mol. The summed E-state index contributed by atoms with van der Waals surface area (Å²) >= 11 is 1.62. The molecule has 21 nitrogen and oxygen atoms in total. The summed E-state index contributed by atoms with van der Waals surface area (Å²) in [5.74, 6) is 0.174. The number of imidazole rings is 2. The van der Waals surface area contributed by atoms with Crippen molar-refractivity contribution < 1.29 is 48.0 Å². The first kappa shape index (κ1) is 82.2. The molecule has 0 aliphatic carbocycles. The average Bonchev–Trinajstić information content (AvgIpc) is 1.78. The molecule has 0 radical (unpaired) electrons. The van der Waals surface area contributed by atoms with Crippen molar-refractivity contribution in [2.24, 2.45) is 5.92 Å². The molecule has 107 heavy (non-hydrogen) atoms. The minimum absolute atomic E-state index is 0.0216. The topological polar surface area (TPSA) is 265 Å². The van der Waals surface area contributed by atoms with Crippen molar-refractivity contribution in [3.8, 4) is 44.8 Å². The van der Waals surface area contributed by atoms with Crippen LogP contribution in [0.5, 0.6) is 0 Å². The number of H-pyrrole nitrogens is 2. The van der Waals surface area contributed by atoms with Crippen LogP contribution in [0.15, 0.2) is 163 Å². The Bertz CT molecular complexity index is 4470. The largest absolute Gasteiger partial charge is 0.461 e. The van der Waals surface area contributed by atoms with E-state index >= 15 is 0 Å². The number of rotatable bonds is 32. The number of aliphatic hydroxyl groups is 1. The van der Waals surface area contributed by atoms with Crippen LogP contribution in [0.3, 0.4) is 0 Å². The number of esters is 4. The number of hydrogen-bond donors (Lipinski definition) is 3. The van der Waals surface area contributed by atoms with Gasteiger partial charge < -0.3 is 38.1 Å². The van der Waals surface area contributed by atoms with Gasteiger partial charge in [-0.3, -0.25) is 4.79 Å². The first-order valence-corrected chi connectivity index (χ1v) is 38.0. The van der Waals surface area contributed by atoms with Crippen molar-refractivity contribution in [1.82, 2.24) is 54.8 Å². The molecule has 22 heteroatoms. The summed E-state index contributed by atoms with van der Waals surface area (Å²) in [7, 11) is 0. The molecule has 5 aromatic heterocycles. The molecular formula is C85H105N11O10S. The molecule has 5 heterocycles. The summed E-state index contributed by atoms with van der Waals surface area (Å²) in [6.07, 6.45) is 13.4. The number of amides is 1. The average molecular weight is 1470 g/mol. The molecule has 1 amide bonds. The van der Waals surface area contributed by atoms with Crippen LogP contribution in [0.25, 0.3) is 50.8 Å². The lowest BCUT2D eigenvalue weighted by Crippen LogP contribution is -2.48. The number of nitrogens with one attached hydrogen (secondary N) is 2. The summed E-state index contributed by atoms with van der Waals surface area (Å²) in [6.45, 7) is 29.5. The first-order chi connectivity index (χ1) is 51.3. The summed E-state index contributed by atoms with van der Waals surface area (Å²) < 4.78 is 26.0. The van der Waals surface area contributed by atoms with Crippen LogP contribution in [-0.4, -0.2) is 120 Å². The lowest BCUT2D eigenvalue weighted by Gasteiger charge is -2.33. The number of ether oxygens (including phenoxy) is 4. The summed E-state index contributed by atoms with van der Waals surface area (Å²) in [6, 6.07) is 43.3. The standard InChI is InChI=1S/C29H36N2O4S.C28H33N5O3.C28H36N4O3/c1-6-7-10-27-30-18-25(16-24(29(33)35-21(4)5)17-26-9-8-15-36-26)31(27)19-22-11-13-23(14-12-22)28(32)34-20(2)3;1-6-9-24-30-26(28(4,5)35)25(27(34)36-18(2)3)33(24)17-19-12-14-20(15-13-19)21-10-7-8-11-22(21)23-16-29-32-31-23;1-6-7-12-26(33)32(27(19(2)3)28(34)35-20(4)5)18-21-13-15-22(16-14-21)23-10-8-9-11-24(23)25-17-29-31-30-25/h8-9,11-16,18,20-21H,6-7,10,17,19H2,1-5H3;7-8,10-16,18,35H,6,9,17H2,1-5H3,(H,29,31,32);8-11,13-17,19-20,27H,6-7,12,18H2,1-5H3,(H,29,30,31)/b24-16+;;/t;;27-/m..0/s1. The molecule has 3 N–H and O–H groups in total. The van der Waals surface area contributed by atoms with E-state index in [1.54, 1.807) is 54.6 Å². The molecule has 566 valence electrons. The quantitative estimate of drug-likeness (QED) is 0.0201. The van der Waals surface area contributed by atoms with Gasteiger partial charge in [0.2, 0.25) is 5.91 Å². The van der Waals surface area contributed by atoms with Crippen molar-refractivity contribution in [1.29, 1.82) is 0 Å². The lowest BCUT2D eigenvalue weighted by molar-refractivity contribution is -0.161. The Kier molecular flexibility index (Phi) is 30.6. The number of hydrogen-bond acceptors (Lipinski definition) is 17. The minimum atomic E-state index is -1.28. The van der Waals surface area contributed by atoms with Gasteiger partial charge in [0.1, 0.15) is 40.4 Å². The van der Waals surface area contributed by atoms with Gasteiger partial charge in [0.05, 0.1) is 54.3 Å². The SMILES string of the molecule is CCCCC(=O)N(Cc1ccc(-c2ccccc2-c2cn[nH]n2)cc1)[C@H](C(=O)OC(C)C)C(C)C.CCCCc1ncc(/C=C(\Cc2cccs2)C(=O)OC(C)C)n1Cc1ccc(C(=O)OC(C)C)cc1.CCCc1nc(C(C)(C)O)c(C(=O)OC(C)C)n1Cc1ccc(-c2ccccc2-c2cn[nH]n2)cc1. The Hall–Kier alpha value is -10.5. The normalized spacial score (nSPS) is 11.9.